The Labute approximate surface area is 193 Å². The highest BCUT2D eigenvalue weighted by Gasteiger charge is 2.31. The Morgan fingerprint density at radius 2 is 2.12 bits per heavy atom. The molecule has 1 aromatic heterocycles. The summed E-state index contributed by atoms with van der Waals surface area (Å²) in [6.07, 6.45) is 6.19. The Kier molecular flexibility index (Phi) is 7.32. The van der Waals surface area contributed by atoms with Gasteiger partial charge in [-0.25, -0.2) is 4.98 Å². The third kappa shape index (κ3) is 5.42. The molecule has 1 aromatic carbocycles. The highest BCUT2D eigenvalue weighted by molar-refractivity contribution is 6.32. The first-order valence-corrected chi connectivity index (χ1v) is 11.7. The van der Waals surface area contributed by atoms with Crippen molar-refractivity contribution < 1.29 is 14.6 Å². The van der Waals surface area contributed by atoms with Gasteiger partial charge in [0.05, 0.1) is 18.2 Å². The number of hydrogen-bond donors (Lipinski definition) is 3. The van der Waals surface area contributed by atoms with E-state index < -0.39 is 5.97 Å². The fourth-order valence-electron chi connectivity index (χ4n) is 4.43. The lowest BCUT2D eigenvalue weighted by Crippen LogP contribution is -2.44. The number of aliphatic carboxylic acids is 1. The van der Waals surface area contributed by atoms with Gasteiger partial charge < -0.3 is 25.4 Å². The largest absolute Gasteiger partial charge is 0.481 e. The standard InChI is InChI=1S/C23H30ClN5O3/c1-2-17-12-15(22(30)31)9-10-29(17)18-7-5-16(6-8-18)27-23-26-14-20(24)21(28-23)25-13-19-4-3-11-32-19/h5-8,14-15,17,19H,2-4,9-13H2,1H3,(H,30,31)(H2,25,26,27,28). The Balaban J connectivity index is 1.39. The third-order valence-corrected chi connectivity index (χ3v) is 6.53. The molecule has 0 saturated carbocycles. The fourth-order valence-corrected chi connectivity index (χ4v) is 4.59. The minimum absolute atomic E-state index is 0.192. The Bertz CT molecular complexity index is 920. The number of piperidine rings is 1. The van der Waals surface area contributed by atoms with Crippen molar-refractivity contribution in [3.63, 3.8) is 0 Å². The molecule has 0 amide bonds. The maximum absolute atomic E-state index is 11.4. The van der Waals surface area contributed by atoms with Crippen LogP contribution in [0.2, 0.25) is 5.02 Å². The van der Waals surface area contributed by atoms with Crippen molar-refractivity contribution in [3.8, 4) is 0 Å². The topological polar surface area (TPSA) is 99.6 Å². The SMILES string of the molecule is CCC1CC(C(=O)O)CCN1c1ccc(Nc2ncc(Cl)c(NCC3CCCO3)n2)cc1. The van der Waals surface area contributed by atoms with Gasteiger partial charge in [-0.15, -0.1) is 0 Å². The van der Waals surface area contributed by atoms with E-state index in [1.165, 1.54) is 0 Å². The Hall–Kier alpha value is -2.58. The summed E-state index contributed by atoms with van der Waals surface area (Å²) in [6, 6.07) is 8.32. The number of halogens is 1. The number of carboxylic acid groups (broad SMARTS) is 1. The molecule has 32 heavy (non-hydrogen) atoms. The lowest BCUT2D eigenvalue weighted by atomic mass is 9.89. The zero-order valence-corrected chi connectivity index (χ0v) is 19.0. The molecule has 2 aliphatic rings. The van der Waals surface area contributed by atoms with E-state index in [0.717, 1.165) is 43.8 Å². The summed E-state index contributed by atoms with van der Waals surface area (Å²) in [5, 5.41) is 16.3. The molecule has 0 aliphatic carbocycles. The normalized spacial score (nSPS) is 23.2. The van der Waals surface area contributed by atoms with Crippen LogP contribution in [0.5, 0.6) is 0 Å². The van der Waals surface area contributed by atoms with Crippen LogP contribution in [0, 0.1) is 5.92 Å². The van der Waals surface area contributed by atoms with E-state index >= 15 is 0 Å². The molecule has 2 aliphatic heterocycles. The first-order valence-electron chi connectivity index (χ1n) is 11.3. The van der Waals surface area contributed by atoms with Gasteiger partial charge in [0.2, 0.25) is 5.95 Å². The number of carboxylic acids is 1. The van der Waals surface area contributed by atoms with Crippen molar-refractivity contribution in [1.29, 1.82) is 0 Å². The zero-order chi connectivity index (χ0) is 22.5. The maximum Gasteiger partial charge on any atom is 0.306 e. The summed E-state index contributed by atoms with van der Waals surface area (Å²) in [5.41, 5.74) is 1.97. The Morgan fingerprint density at radius 1 is 1.31 bits per heavy atom. The summed E-state index contributed by atoms with van der Waals surface area (Å²) in [5.74, 6) is 0.117. The molecular formula is C23H30ClN5O3. The predicted octanol–water partition coefficient (Wildman–Crippen LogP) is 4.54. The van der Waals surface area contributed by atoms with Crippen LogP contribution in [0.3, 0.4) is 0 Å². The predicted molar refractivity (Wildman–Crippen MR) is 126 cm³/mol. The minimum atomic E-state index is -0.685. The van der Waals surface area contributed by atoms with Gasteiger partial charge in [0.1, 0.15) is 5.02 Å². The molecule has 0 bridgehead atoms. The molecule has 0 radical (unpaired) electrons. The van der Waals surface area contributed by atoms with Crippen molar-refractivity contribution >= 4 is 40.7 Å². The van der Waals surface area contributed by atoms with Crippen LogP contribution in [-0.4, -0.2) is 52.9 Å². The van der Waals surface area contributed by atoms with Crippen LogP contribution < -0.4 is 15.5 Å². The summed E-state index contributed by atoms with van der Waals surface area (Å²) < 4.78 is 5.64. The number of aromatic nitrogens is 2. The van der Waals surface area contributed by atoms with Gasteiger partial charge in [0, 0.05) is 37.1 Å². The second-order valence-electron chi connectivity index (χ2n) is 8.39. The van der Waals surface area contributed by atoms with Crippen LogP contribution >= 0.6 is 11.6 Å². The van der Waals surface area contributed by atoms with Crippen molar-refractivity contribution in [3.05, 3.63) is 35.5 Å². The third-order valence-electron chi connectivity index (χ3n) is 6.26. The van der Waals surface area contributed by atoms with Gasteiger partial charge in [-0.2, -0.15) is 4.98 Å². The average Bonchev–Trinajstić information content (AvgIpc) is 3.33. The molecule has 3 unspecified atom stereocenters. The van der Waals surface area contributed by atoms with Crippen LogP contribution in [0.15, 0.2) is 30.5 Å². The van der Waals surface area contributed by atoms with E-state index in [1.807, 2.05) is 12.1 Å². The van der Waals surface area contributed by atoms with Crippen LogP contribution in [0.25, 0.3) is 0 Å². The average molecular weight is 460 g/mol. The molecular weight excluding hydrogens is 430 g/mol. The van der Waals surface area contributed by atoms with E-state index in [0.29, 0.717) is 36.2 Å². The van der Waals surface area contributed by atoms with Gasteiger partial charge >= 0.3 is 5.97 Å². The smallest absolute Gasteiger partial charge is 0.306 e. The second-order valence-corrected chi connectivity index (χ2v) is 8.80. The number of nitrogens with zero attached hydrogens (tertiary/aromatic N) is 3. The molecule has 2 saturated heterocycles. The number of rotatable bonds is 8. The molecule has 0 spiro atoms. The lowest BCUT2D eigenvalue weighted by molar-refractivity contribution is -0.142. The molecule has 3 heterocycles. The molecule has 172 valence electrons. The highest BCUT2D eigenvalue weighted by atomic mass is 35.5. The van der Waals surface area contributed by atoms with E-state index in [2.05, 4.69) is 44.6 Å². The summed E-state index contributed by atoms with van der Waals surface area (Å²) in [4.78, 5) is 22.5. The van der Waals surface area contributed by atoms with E-state index in [9.17, 15) is 9.90 Å². The van der Waals surface area contributed by atoms with Crippen LogP contribution in [0.1, 0.15) is 39.0 Å². The fraction of sp³-hybridized carbons (Fsp3) is 0.522. The monoisotopic (exact) mass is 459 g/mol. The quantitative estimate of drug-likeness (QED) is 0.529. The summed E-state index contributed by atoms with van der Waals surface area (Å²) in [7, 11) is 0. The maximum atomic E-state index is 11.4. The Morgan fingerprint density at radius 3 is 2.81 bits per heavy atom. The van der Waals surface area contributed by atoms with Crippen molar-refractivity contribution in [2.24, 2.45) is 5.92 Å². The molecule has 3 N–H and O–H groups in total. The lowest BCUT2D eigenvalue weighted by Gasteiger charge is -2.39. The van der Waals surface area contributed by atoms with Crippen molar-refractivity contribution in [2.75, 3.05) is 35.2 Å². The van der Waals surface area contributed by atoms with Crippen molar-refractivity contribution in [2.45, 2.75) is 51.2 Å². The number of ether oxygens (including phenoxy) is 1. The minimum Gasteiger partial charge on any atom is -0.481 e. The van der Waals surface area contributed by atoms with Crippen LogP contribution in [0.4, 0.5) is 23.1 Å². The first kappa shape index (κ1) is 22.6. The molecule has 3 atom stereocenters. The van der Waals surface area contributed by atoms with Gasteiger partial charge in [-0.1, -0.05) is 18.5 Å². The number of nitrogens with one attached hydrogen (secondary N) is 2. The number of carbonyl (C=O) groups is 1. The van der Waals surface area contributed by atoms with Crippen LogP contribution in [-0.2, 0) is 9.53 Å². The van der Waals surface area contributed by atoms with E-state index in [-0.39, 0.29) is 18.1 Å². The number of anilines is 4. The molecule has 2 fully saturated rings. The zero-order valence-electron chi connectivity index (χ0n) is 18.3. The molecule has 4 rings (SSSR count). The van der Waals surface area contributed by atoms with Gasteiger partial charge in [-0.3, -0.25) is 4.79 Å². The number of benzene rings is 1. The van der Waals surface area contributed by atoms with Crippen molar-refractivity contribution in [1.82, 2.24) is 9.97 Å². The van der Waals surface area contributed by atoms with E-state index in [4.69, 9.17) is 16.3 Å². The summed E-state index contributed by atoms with van der Waals surface area (Å²) in [6.45, 7) is 4.34. The highest BCUT2D eigenvalue weighted by Crippen LogP contribution is 2.31. The number of hydrogen-bond acceptors (Lipinski definition) is 7. The summed E-state index contributed by atoms with van der Waals surface area (Å²) >= 11 is 6.25. The second kappa shape index (κ2) is 10.4. The molecule has 8 nitrogen and oxygen atoms in total. The van der Waals surface area contributed by atoms with Gasteiger partial charge in [0.15, 0.2) is 5.82 Å². The molecule has 2 aromatic rings. The first-order chi connectivity index (χ1) is 15.5. The van der Waals surface area contributed by atoms with E-state index in [1.54, 1.807) is 6.20 Å². The van der Waals surface area contributed by atoms with Gasteiger partial charge in [0.25, 0.3) is 0 Å². The molecule has 9 heteroatoms. The van der Waals surface area contributed by atoms with Gasteiger partial charge in [-0.05, 0) is 56.4 Å².